The lowest BCUT2D eigenvalue weighted by Crippen LogP contribution is -2.47. The van der Waals surface area contributed by atoms with Gasteiger partial charge in [0.05, 0.1) is 6.04 Å². The van der Waals surface area contributed by atoms with Crippen molar-refractivity contribution in [3.05, 3.63) is 102 Å². The first-order valence-electron chi connectivity index (χ1n) is 10.6. The third-order valence-electron chi connectivity index (χ3n) is 5.70. The lowest BCUT2D eigenvalue weighted by atomic mass is 9.89. The van der Waals surface area contributed by atoms with Gasteiger partial charge < -0.3 is 9.80 Å². The van der Waals surface area contributed by atoms with E-state index < -0.39 is 0 Å². The third-order valence-corrected chi connectivity index (χ3v) is 5.70. The monoisotopic (exact) mass is 410 g/mol. The molecule has 31 heavy (non-hydrogen) atoms. The number of amides is 2. The first kappa shape index (κ1) is 20.6. The molecule has 2 unspecified atom stereocenters. The Labute approximate surface area is 183 Å². The Kier molecular flexibility index (Phi) is 5.99. The highest BCUT2D eigenvalue weighted by Gasteiger charge is 2.37. The number of hydrogen-bond donors (Lipinski definition) is 0. The van der Waals surface area contributed by atoms with Crippen LogP contribution >= 0.6 is 0 Å². The number of rotatable bonds is 4. The second-order valence-electron chi connectivity index (χ2n) is 7.84. The van der Waals surface area contributed by atoms with E-state index in [1.165, 1.54) is 0 Å². The van der Waals surface area contributed by atoms with Crippen molar-refractivity contribution >= 4 is 29.3 Å². The zero-order chi connectivity index (χ0) is 21.8. The van der Waals surface area contributed by atoms with Crippen LogP contribution in [0.5, 0.6) is 0 Å². The summed E-state index contributed by atoms with van der Waals surface area (Å²) in [7, 11) is 0. The Hall–Kier alpha value is -3.66. The van der Waals surface area contributed by atoms with Crippen LogP contribution in [0.2, 0.25) is 0 Å². The fourth-order valence-electron chi connectivity index (χ4n) is 4.34. The number of carbonyl (C=O) groups is 2. The van der Waals surface area contributed by atoms with Crippen molar-refractivity contribution in [1.29, 1.82) is 0 Å². The normalized spacial score (nSPS) is 17.9. The lowest BCUT2D eigenvalue weighted by Gasteiger charge is -2.43. The molecular formula is C27H26N2O2. The fraction of sp³-hybridized carbons (Fsp3) is 0.185. The highest BCUT2D eigenvalue weighted by Crippen LogP contribution is 2.42. The molecule has 0 radical (unpaired) electrons. The Bertz CT molecular complexity index is 1090. The van der Waals surface area contributed by atoms with Gasteiger partial charge in [-0.2, -0.15) is 0 Å². The molecule has 0 aliphatic carbocycles. The Morgan fingerprint density at radius 1 is 0.903 bits per heavy atom. The Morgan fingerprint density at radius 3 is 2.19 bits per heavy atom. The molecule has 0 aromatic heterocycles. The summed E-state index contributed by atoms with van der Waals surface area (Å²) in [6.07, 6.45) is 4.13. The topological polar surface area (TPSA) is 40.6 Å². The maximum Gasteiger partial charge on any atom is 0.251 e. The minimum absolute atomic E-state index is 0.0121. The van der Waals surface area contributed by atoms with Gasteiger partial charge in [-0.05, 0) is 48.7 Å². The molecule has 2 amide bonds. The lowest BCUT2D eigenvalue weighted by molar-refractivity contribution is -0.117. The van der Waals surface area contributed by atoms with Crippen LogP contribution in [0, 0.1) is 0 Å². The number of hydrogen-bond acceptors (Lipinski definition) is 2. The van der Waals surface area contributed by atoms with Crippen LogP contribution in [0.3, 0.4) is 0 Å². The molecule has 4 rings (SSSR count). The highest BCUT2D eigenvalue weighted by atomic mass is 16.2. The molecule has 3 aromatic rings. The van der Waals surface area contributed by atoms with Crippen LogP contribution in [-0.2, 0) is 9.59 Å². The summed E-state index contributed by atoms with van der Waals surface area (Å²) in [4.78, 5) is 29.5. The first-order chi connectivity index (χ1) is 15.1. The molecule has 0 bridgehead atoms. The molecule has 1 heterocycles. The number of nitrogens with zero attached hydrogens (tertiary/aromatic N) is 2. The molecular weight excluding hydrogens is 384 g/mol. The summed E-state index contributed by atoms with van der Waals surface area (Å²) in [5.74, 6) is -0.0710. The predicted molar refractivity (Wildman–Crippen MR) is 126 cm³/mol. The van der Waals surface area contributed by atoms with E-state index in [-0.39, 0.29) is 23.9 Å². The minimum atomic E-state index is -0.131. The summed E-state index contributed by atoms with van der Waals surface area (Å²) in [6.45, 7) is 3.64. The van der Waals surface area contributed by atoms with Gasteiger partial charge in [-0.25, -0.2) is 0 Å². The summed E-state index contributed by atoms with van der Waals surface area (Å²) in [5, 5.41) is 0. The number of benzene rings is 3. The summed E-state index contributed by atoms with van der Waals surface area (Å²) >= 11 is 0. The molecule has 0 saturated heterocycles. The summed E-state index contributed by atoms with van der Waals surface area (Å²) in [5.41, 5.74) is 3.70. The number of carbonyl (C=O) groups excluding carboxylic acids is 2. The molecule has 4 nitrogen and oxygen atoms in total. The first-order valence-corrected chi connectivity index (χ1v) is 10.6. The van der Waals surface area contributed by atoms with E-state index in [1.54, 1.807) is 13.0 Å². The molecule has 156 valence electrons. The summed E-state index contributed by atoms with van der Waals surface area (Å²) in [6, 6.07) is 27.2. The van der Waals surface area contributed by atoms with Gasteiger partial charge >= 0.3 is 0 Å². The van der Waals surface area contributed by atoms with Crippen molar-refractivity contribution in [3.8, 4) is 0 Å². The molecule has 3 aromatic carbocycles. The molecule has 0 fully saturated rings. The molecule has 0 N–H and O–H groups in total. The minimum Gasteiger partial charge on any atom is -0.306 e. The van der Waals surface area contributed by atoms with E-state index in [4.69, 9.17) is 0 Å². The average molecular weight is 411 g/mol. The van der Waals surface area contributed by atoms with E-state index in [1.807, 2.05) is 108 Å². The number of para-hydroxylation sites is 2. The van der Waals surface area contributed by atoms with Crippen molar-refractivity contribution in [1.82, 2.24) is 0 Å². The van der Waals surface area contributed by atoms with Crippen molar-refractivity contribution in [2.75, 3.05) is 9.80 Å². The number of fused-ring (bicyclic) bond motifs is 1. The van der Waals surface area contributed by atoms with Gasteiger partial charge in [-0.3, -0.25) is 9.59 Å². The SMILES string of the molecule is CC(=O)N(c1ccccc1)C1CC(C)N(C(=O)C=Cc2ccccc2)c2ccccc21. The maximum absolute atomic E-state index is 13.2. The highest BCUT2D eigenvalue weighted by molar-refractivity contribution is 6.05. The molecule has 0 spiro atoms. The van der Waals surface area contributed by atoms with E-state index in [9.17, 15) is 9.59 Å². The average Bonchev–Trinajstić information content (AvgIpc) is 2.79. The zero-order valence-corrected chi connectivity index (χ0v) is 17.8. The van der Waals surface area contributed by atoms with Crippen LogP contribution in [0.1, 0.15) is 37.4 Å². The van der Waals surface area contributed by atoms with Crippen LogP contribution in [0.15, 0.2) is 91.0 Å². The van der Waals surface area contributed by atoms with Crippen molar-refractivity contribution in [2.24, 2.45) is 0 Å². The predicted octanol–water partition coefficient (Wildman–Crippen LogP) is 5.62. The van der Waals surface area contributed by atoms with E-state index in [0.29, 0.717) is 6.42 Å². The number of anilines is 2. The standard InChI is InChI=1S/C27H26N2O2/c1-20-19-26(29(21(2)30)23-13-7-4-8-14-23)24-15-9-10-16-25(24)28(20)27(31)18-17-22-11-5-3-6-12-22/h3-18,20,26H,19H2,1-2H3. The van der Waals surface area contributed by atoms with Gasteiger partial charge in [-0.15, -0.1) is 0 Å². The van der Waals surface area contributed by atoms with Crippen molar-refractivity contribution in [3.63, 3.8) is 0 Å². The van der Waals surface area contributed by atoms with Crippen LogP contribution in [-0.4, -0.2) is 17.9 Å². The summed E-state index contributed by atoms with van der Waals surface area (Å²) < 4.78 is 0. The largest absolute Gasteiger partial charge is 0.306 e. The third kappa shape index (κ3) is 4.29. The molecule has 0 saturated carbocycles. The zero-order valence-electron chi connectivity index (χ0n) is 17.8. The van der Waals surface area contributed by atoms with Gasteiger partial charge in [0.1, 0.15) is 0 Å². The van der Waals surface area contributed by atoms with Crippen LogP contribution < -0.4 is 9.80 Å². The molecule has 4 heteroatoms. The van der Waals surface area contributed by atoms with Gasteiger partial charge in [-0.1, -0.05) is 66.7 Å². The second-order valence-corrected chi connectivity index (χ2v) is 7.84. The van der Waals surface area contributed by atoms with Gasteiger partial charge in [0.2, 0.25) is 5.91 Å². The van der Waals surface area contributed by atoms with E-state index in [0.717, 1.165) is 22.5 Å². The Balaban J connectivity index is 1.70. The van der Waals surface area contributed by atoms with Crippen LogP contribution in [0.25, 0.3) is 6.08 Å². The second kappa shape index (κ2) is 9.00. The van der Waals surface area contributed by atoms with Gasteiger partial charge in [0.15, 0.2) is 0 Å². The van der Waals surface area contributed by atoms with Crippen molar-refractivity contribution < 1.29 is 9.59 Å². The quantitative estimate of drug-likeness (QED) is 0.524. The Morgan fingerprint density at radius 2 is 1.52 bits per heavy atom. The molecule has 1 aliphatic heterocycles. The van der Waals surface area contributed by atoms with Gasteiger partial charge in [0, 0.05) is 30.4 Å². The molecule has 2 atom stereocenters. The van der Waals surface area contributed by atoms with E-state index >= 15 is 0 Å². The van der Waals surface area contributed by atoms with Crippen molar-refractivity contribution in [2.45, 2.75) is 32.4 Å². The smallest absolute Gasteiger partial charge is 0.251 e. The van der Waals surface area contributed by atoms with Gasteiger partial charge in [0.25, 0.3) is 5.91 Å². The van der Waals surface area contributed by atoms with Crippen LogP contribution in [0.4, 0.5) is 11.4 Å². The van der Waals surface area contributed by atoms with E-state index in [2.05, 4.69) is 0 Å². The molecule has 1 aliphatic rings. The maximum atomic E-state index is 13.2. The fourth-order valence-corrected chi connectivity index (χ4v) is 4.34.